The van der Waals surface area contributed by atoms with Gasteiger partial charge in [0.25, 0.3) is 0 Å². The van der Waals surface area contributed by atoms with E-state index in [1.54, 1.807) is 12.3 Å². The van der Waals surface area contributed by atoms with Gasteiger partial charge in [0.05, 0.1) is 35.7 Å². The second kappa shape index (κ2) is 11.0. The molecule has 4 heterocycles. The molecule has 0 radical (unpaired) electrons. The third-order valence-corrected chi connectivity index (χ3v) is 7.71. The molecule has 200 valence electrons. The summed E-state index contributed by atoms with van der Waals surface area (Å²) in [5, 5.41) is 17.3. The smallest absolute Gasteiger partial charge is 0.248 e. The van der Waals surface area contributed by atoms with Crippen LogP contribution in [-0.4, -0.2) is 49.8 Å². The fourth-order valence-corrected chi connectivity index (χ4v) is 5.76. The van der Waals surface area contributed by atoms with Crippen molar-refractivity contribution in [1.82, 2.24) is 10.3 Å². The minimum atomic E-state index is -0.177. The average Bonchev–Trinajstić information content (AvgIpc) is 3.46. The highest BCUT2D eigenvalue weighted by molar-refractivity contribution is 6.05. The van der Waals surface area contributed by atoms with Crippen molar-refractivity contribution in [1.29, 1.82) is 5.26 Å². The van der Waals surface area contributed by atoms with E-state index >= 15 is 0 Å². The molecule has 6 rings (SSSR count). The van der Waals surface area contributed by atoms with Crippen LogP contribution in [0.1, 0.15) is 42.4 Å². The van der Waals surface area contributed by atoms with Gasteiger partial charge in [-0.25, -0.2) is 0 Å². The molecule has 0 saturated carbocycles. The maximum absolute atomic E-state index is 13.1. The number of benzene rings is 2. The maximum atomic E-state index is 13.1. The third kappa shape index (κ3) is 5.33. The second-order valence-corrected chi connectivity index (χ2v) is 10.5. The van der Waals surface area contributed by atoms with Crippen molar-refractivity contribution in [2.75, 3.05) is 43.1 Å². The van der Waals surface area contributed by atoms with Gasteiger partial charge in [0.1, 0.15) is 17.9 Å². The lowest BCUT2D eigenvalue weighted by molar-refractivity contribution is -0.112. The normalized spacial score (nSPS) is 18.9. The van der Waals surface area contributed by atoms with E-state index in [-0.39, 0.29) is 12.0 Å². The van der Waals surface area contributed by atoms with Crippen LogP contribution in [-0.2, 0) is 16.0 Å². The van der Waals surface area contributed by atoms with Crippen LogP contribution in [0.25, 0.3) is 10.9 Å². The van der Waals surface area contributed by atoms with E-state index in [0.29, 0.717) is 35.7 Å². The molecule has 1 amide bonds. The van der Waals surface area contributed by atoms with E-state index < -0.39 is 0 Å². The molecule has 39 heavy (non-hydrogen) atoms. The standard InChI is InChI=1S/C31H33N5O3/c1-20-4-5-28-22(13-20)3-2-11-36(28)31-23(17-32)18-34-26-16-29(39-24-8-12-38-19-24)27(15-25(26)31)35-30(37)14-21-6-9-33-10-7-21/h4-5,13-16,18,24,33H,2-3,6-12,19H2,1H3,(H,35,37). The van der Waals surface area contributed by atoms with Crippen molar-refractivity contribution in [3.63, 3.8) is 0 Å². The lowest BCUT2D eigenvalue weighted by atomic mass is 9.97. The number of rotatable bonds is 5. The van der Waals surface area contributed by atoms with E-state index in [4.69, 9.17) is 9.47 Å². The zero-order valence-electron chi connectivity index (χ0n) is 22.3. The van der Waals surface area contributed by atoms with Crippen molar-refractivity contribution in [3.8, 4) is 11.8 Å². The van der Waals surface area contributed by atoms with Gasteiger partial charge in [0, 0.05) is 42.4 Å². The fourth-order valence-electron chi connectivity index (χ4n) is 5.76. The number of hydrogen-bond donors (Lipinski definition) is 2. The highest BCUT2D eigenvalue weighted by Gasteiger charge is 2.26. The Labute approximate surface area is 228 Å². The number of nitrogens with one attached hydrogen (secondary N) is 2. The Bertz CT molecular complexity index is 1480. The number of fused-ring (bicyclic) bond motifs is 2. The zero-order valence-corrected chi connectivity index (χ0v) is 22.3. The number of carbonyl (C=O) groups excluding carboxylic acids is 1. The molecule has 8 nitrogen and oxygen atoms in total. The minimum absolute atomic E-state index is 0.0871. The summed E-state index contributed by atoms with van der Waals surface area (Å²) in [5.41, 5.74) is 7.35. The molecule has 0 spiro atoms. The second-order valence-electron chi connectivity index (χ2n) is 10.5. The molecular weight excluding hydrogens is 490 g/mol. The SMILES string of the molecule is Cc1ccc2c(c1)CCCN2c1c(C#N)cnc2cc(OC3CCOC3)c(NC(=O)C=C3CCNCC3)cc12. The summed E-state index contributed by atoms with van der Waals surface area (Å²) in [5.74, 6) is 0.386. The molecule has 2 N–H and O–H groups in total. The number of ether oxygens (including phenoxy) is 2. The summed E-state index contributed by atoms with van der Waals surface area (Å²) >= 11 is 0. The summed E-state index contributed by atoms with van der Waals surface area (Å²) in [6.07, 6.45) is 7.77. The van der Waals surface area contributed by atoms with Crippen LogP contribution in [0.2, 0.25) is 0 Å². The molecule has 8 heteroatoms. The van der Waals surface area contributed by atoms with Crippen molar-refractivity contribution in [2.45, 2.75) is 45.1 Å². The largest absolute Gasteiger partial charge is 0.486 e. The van der Waals surface area contributed by atoms with E-state index in [9.17, 15) is 10.1 Å². The minimum Gasteiger partial charge on any atom is -0.486 e. The van der Waals surface area contributed by atoms with Gasteiger partial charge in [-0.05, 0) is 63.4 Å². The van der Waals surface area contributed by atoms with Crippen LogP contribution in [0.15, 0.2) is 48.2 Å². The first-order valence-corrected chi connectivity index (χ1v) is 13.8. The predicted octanol–water partition coefficient (Wildman–Crippen LogP) is 4.92. The van der Waals surface area contributed by atoms with E-state index in [2.05, 4.69) is 51.7 Å². The number of nitrogens with zero attached hydrogens (tertiary/aromatic N) is 3. The predicted molar refractivity (Wildman–Crippen MR) is 152 cm³/mol. The fraction of sp³-hybridized carbons (Fsp3) is 0.387. The quantitative estimate of drug-likeness (QED) is 0.458. The lowest BCUT2D eigenvalue weighted by Gasteiger charge is -2.33. The first-order valence-electron chi connectivity index (χ1n) is 13.8. The molecule has 3 aromatic rings. The summed E-state index contributed by atoms with van der Waals surface area (Å²) in [6, 6.07) is 12.6. The number of pyridine rings is 1. The summed E-state index contributed by atoms with van der Waals surface area (Å²) in [4.78, 5) is 20.0. The third-order valence-electron chi connectivity index (χ3n) is 7.71. The number of aryl methyl sites for hydroxylation is 2. The molecule has 3 aliphatic rings. The van der Waals surface area contributed by atoms with Gasteiger partial charge >= 0.3 is 0 Å². The number of carbonyl (C=O) groups is 1. The van der Waals surface area contributed by atoms with Gasteiger partial charge in [-0.1, -0.05) is 23.3 Å². The Morgan fingerprint density at radius 3 is 2.92 bits per heavy atom. The molecule has 0 aliphatic carbocycles. The average molecular weight is 524 g/mol. The summed E-state index contributed by atoms with van der Waals surface area (Å²) in [6.45, 7) is 5.83. The number of hydrogen-bond acceptors (Lipinski definition) is 7. The first kappa shape index (κ1) is 25.4. The van der Waals surface area contributed by atoms with Gasteiger partial charge in [0.2, 0.25) is 5.91 Å². The Kier molecular flexibility index (Phi) is 7.18. The van der Waals surface area contributed by atoms with Crippen molar-refractivity contribution in [2.24, 2.45) is 0 Å². The molecule has 2 saturated heterocycles. The van der Waals surface area contributed by atoms with E-state index in [0.717, 1.165) is 74.1 Å². The lowest BCUT2D eigenvalue weighted by Crippen LogP contribution is -2.26. The van der Waals surface area contributed by atoms with Crippen molar-refractivity contribution < 1.29 is 14.3 Å². The Balaban J connectivity index is 1.46. The summed E-state index contributed by atoms with van der Waals surface area (Å²) < 4.78 is 11.9. The molecule has 1 atom stereocenters. The van der Waals surface area contributed by atoms with Crippen molar-refractivity contribution >= 4 is 33.9 Å². The topological polar surface area (TPSA) is 99.5 Å². The van der Waals surface area contributed by atoms with Gasteiger partial charge in [0.15, 0.2) is 0 Å². The van der Waals surface area contributed by atoms with Gasteiger partial charge in [-0.15, -0.1) is 0 Å². The number of amides is 1. The van der Waals surface area contributed by atoms with Crippen LogP contribution >= 0.6 is 0 Å². The molecule has 0 bridgehead atoms. The molecule has 1 unspecified atom stereocenters. The number of nitriles is 1. The molecule has 1 aromatic heterocycles. The number of anilines is 3. The molecular formula is C31H33N5O3. The summed E-state index contributed by atoms with van der Waals surface area (Å²) in [7, 11) is 0. The van der Waals surface area contributed by atoms with E-state index in [1.807, 2.05) is 12.1 Å². The van der Waals surface area contributed by atoms with Crippen LogP contribution < -0.4 is 20.3 Å². The first-order chi connectivity index (χ1) is 19.1. The highest BCUT2D eigenvalue weighted by atomic mass is 16.5. The Hall–Kier alpha value is -3.93. The number of aromatic nitrogens is 1. The van der Waals surface area contributed by atoms with Gasteiger partial charge in [-0.3, -0.25) is 9.78 Å². The highest BCUT2D eigenvalue weighted by Crippen LogP contribution is 2.42. The monoisotopic (exact) mass is 523 g/mol. The van der Waals surface area contributed by atoms with Crippen LogP contribution in [0, 0.1) is 18.3 Å². The molecule has 2 aromatic carbocycles. The number of piperidine rings is 1. The van der Waals surface area contributed by atoms with Crippen LogP contribution in [0.3, 0.4) is 0 Å². The van der Waals surface area contributed by atoms with Crippen LogP contribution in [0.5, 0.6) is 5.75 Å². The van der Waals surface area contributed by atoms with Crippen molar-refractivity contribution in [3.05, 3.63) is 64.9 Å². The van der Waals surface area contributed by atoms with Gasteiger partial charge in [-0.2, -0.15) is 5.26 Å². The Morgan fingerprint density at radius 2 is 2.13 bits per heavy atom. The maximum Gasteiger partial charge on any atom is 0.248 e. The molecule has 3 aliphatic heterocycles. The van der Waals surface area contributed by atoms with E-state index in [1.165, 1.54) is 11.1 Å². The van der Waals surface area contributed by atoms with Gasteiger partial charge < -0.3 is 25.0 Å². The van der Waals surface area contributed by atoms with Crippen LogP contribution in [0.4, 0.5) is 17.1 Å². The Morgan fingerprint density at radius 1 is 1.26 bits per heavy atom. The zero-order chi connectivity index (χ0) is 26.8. The molecule has 2 fully saturated rings.